The SMILES string of the molecule is N#CC(=CNc1cccc(Cl)c1)C(=O)Nc1ccccc1. The van der Waals surface area contributed by atoms with Crippen LogP contribution in [0, 0.1) is 11.3 Å². The molecule has 4 nitrogen and oxygen atoms in total. The van der Waals surface area contributed by atoms with Crippen LogP contribution >= 0.6 is 11.6 Å². The zero-order valence-electron chi connectivity index (χ0n) is 11.0. The predicted octanol–water partition coefficient (Wildman–Crippen LogP) is 3.80. The van der Waals surface area contributed by atoms with Gasteiger partial charge in [-0.15, -0.1) is 0 Å². The first-order valence-electron chi connectivity index (χ1n) is 6.18. The van der Waals surface area contributed by atoms with E-state index < -0.39 is 5.91 Å². The number of carbonyl (C=O) groups excluding carboxylic acids is 1. The van der Waals surface area contributed by atoms with Crippen LogP contribution in [0.15, 0.2) is 66.4 Å². The largest absolute Gasteiger partial charge is 0.360 e. The van der Waals surface area contributed by atoms with E-state index >= 15 is 0 Å². The highest BCUT2D eigenvalue weighted by atomic mass is 35.5. The summed E-state index contributed by atoms with van der Waals surface area (Å²) in [6.07, 6.45) is 1.35. The number of carbonyl (C=O) groups is 1. The highest BCUT2D eigenvalue weighted by Gasteiger charge is 2.08. The van der Waals surface area contributed by atoms with Crippen molar-refractivity contribution in [3.05, 3.63) is 71.4 Å². The highest BCUT2D eigenvalue weighted by molar-refractivity contribution is 6.30. The van der Waals surface area contributed by atoms with Crippen LogP contribution in [-0.4, -0.2) is 5.91 Å². The first kappa shape index (κ1) is 14.6. The van der Waals surface area contributed by atoms with Crippen LogP contribution in [0.1, 0.15) is 0 Å². The summed E-state index contributed by atoms with van der Waals surface area (Å²) in [4.78, 5) is 12.0. The Labute approximate surface area is 127 Å². The molecule has 0 radical (unpaired) electrons. The lowest BCUT2D eigenvalue weighted by molar-refractivity contribution is -0.112. The summed E-state index contributed by atoms with van der Waals surface area (Å²) in [6.45, 7) is 0. The molecule has 0 aromatic heterocycles. The van der Waals surface area contributed by atoms with E-state index in [9.17, 15) is 4.79 Å². The molecule has 104 valence electrons. The van der Waals surface area contributed by atoms with Crippen molar-refractivity contribution >= 4 is 28.9 Å². The second-order valence-corrected chi connectivity index (χ2v) is 4.58. The molecule has 0 saturated carbocycles. The molecule has 0 bridgehead atoms. The van der Waals surface area contributed by atoms with Crippen LogP contribution in [-0.2, 0) is 4.79 Å². The number of nitriles is 1. The van der Waals surface area contributed by atoms with E-state index in [0.717, 1.165) is 0 Å². The number of nitrogens with one attached hydrogen (secondary N) is 2. The monoisotopic (exact) mass is 297 g/mol. The van der Waals surface area contributed by atoms with Crippen LogP contribution in [0.25, 0.3) is 0 Å². The molecule has 0 heterocycles. The fourth-order valence-corrected chi connectivity index (χ4v) is 1.79. The second-order valence-electron chi connectivity index (χ2n) is 4.14. The molecular formula is C16H12ClN3O. The van der Waals surface area contributed by atoms with E-state index in [0.29, 0.717) is 16.4 Å². The lowest BCUT2D eigenvalue weighted by atomic mass is 10.2. The Morgan fingerprint density at radius 2 is 1.81 bits per heavy atom. The lowest BCUT2D eigenvalue weighted by Crippen LogP contribution is -2.14. The smallest absolute Gasteiger partial charge is 0.267 e. The van der Waals surface area contributed by atoms with Gasteiger partial charge in [-0.2, -0.15) is 5.26 Å². The third kappa shape index (κ3) is 4.37. The lowest BCUT2D eigenvalue weighted by Gasteiger charge is -2.05. The Morgan fingerprint density at radius 3 is 2.48 bits per heavy atom. The number of hydrogen-bond donors (Lipinski definition) is 2. The molecule has 0 saturated heterocycles. The number of amides is 1. The van der Waals surface area contributed by atoms with Crippen molar-refractivity contribution in [2.24, 2.45) is 0 Å². The fourth-order valence-electron chi connectivity index (χ4n) is 1.60. The summed E-state index contributed by atoms with van der Waals surface area (Å²) >= 11 is 5.86. The van der Waals surface area contributed by atoms with Crippen molar-refractivity contribution in [1.82, 2.24) is 0 Å². The van der Waals surface area contributed by atoms with Crippen LogP contribution < -0.4 is 10.6 Å². The molecule has 0 atom stereocenters. The molecule has 0 spiro atoms. The van der Waals surface area contributed by atoms with Crippen molar-refractivity contribution in [2.75, 3.05) is 10.6 Å². The summed E-state index contributed by atoms with van der Waals surface area (Å²) in [7, 11) is 0. The quantitative estimate of drug-likeness (QED) is 0.666. The number of hydrogen-bond acceptors (Lipinski definition) is 3. The number of benzene rings is 2. The van der Waals surface area contributed by atoms with Crippen LogP contribution in [0.3, 0.4) is 0 Å². The van der Waals surface area contributed by atoms with E-state index in [1.54, 1.807) is 48.5 Å². The molecule has 2 rings (SSSR count). The van der Waals surface area contributed by atoms with Crippen LogP contribution in [0.2, 0.25) is 5.02 Å². The molecule has 2 aromatic rings. The van der Waals surface area contributed by atoms with Crippen molar-refractivity contribution in [2.45, 2.75) is 0 Å². The number of para-hydroxylation sites is 1. The molecule has 5 heteroatoms. The maximum atomic E-state index is 12.0. The molecule has 2 aromatic carbocycles. The molecule has 0 aliphatic rings. The molecule has 21 heavy (non-hydrogen) atoms. The van der Waals surface area contributed by atoms with Gasteiger partial charge in [-0.3, -0.25) is 4.79 Å². The number of rotatable bonds is 4. The fraction of sp³-hybridized carbons (Fsp3) is 0. The molecular weight excluding hydrogens is 286 g/mol. The second kappa shape index (κ2) is 7.13. The van der Waals surface area contributed by atoms with E-state index in [-0.39, 0.29) is 5.57 Å². The van der Waals surface area contributed by atoms with Gasteiger partial charge < -0.3 is 10.6 Å². The van der Waals surface area contributed by atoms with Gasteiger partial charge in [0.05, 0.1) is 0 Å². The van der Waals surface area contributed by atoms with Gasteiger partial charge in [-0.25, -0.2) is 0 Å². The molecule has 0 fully saturated rings. The van der Waals surface area contributed by atoms with Crippen molar-refractivity contribution in [3.63, 3.8) is 0 Å². The summed E-state index contributed by atoms with van der Waals surface area (Å²) in [5.41, 5.74) is 1.30. The first-order chi connectivity index (χ1) is 10.2. The summed E-state index contributed by atoms with van der Waals surface area (Å²) in [5, 5.41) is 15.2. The molecule has 0 aliphatic carbocycles. The zero-order valence-corrected chi connectivity index (χ0v) is 11.8. The van der Waals surface area contributed by atoms with Gasteiger partial charge in [0.2, 0.25) is 0 Å². The first-order valence-corrected chi connectivity index (χ1v) is 6.55. The standard InChI is InChI=1S/C16H12ClN3O/c17-13-5-4-8-15(9-13)19-11-12(10-18)16(21)20-14-6-2-1-3-7-14/h1-9,11,19H,(H,20,21). The van der Waals surface area contributed by atoms with Crippen molar-refractivity contribution in [3.8, 4) is 6.07 Å². The minimum absolute atomic E-state index is 0.0289. The van der Waals surface area contributed by atoms with Gasteiger partial charge in [0.25, 0.3) is 5.91 Å². The Balaban J connectivity index is 2.07. The topological polar surface area (TPSA) is 64.9 Å². The van der Waals surface area contributed by atoms with Crippen LogP contribution in [0.4, 0.5) is 11.4 Å². The maximum Gasteiger partial charge on any atom is 0.267 e. The number of nitrogens with zero attached hydrogens (tertiary/aromatic N) is 1. The number of anilines is 2. The third-order valence-corrected chi connectivity index (χ3v) is 2.84. The van der Waals surface area contributed by atoms with Crippen molar-refractivity contribution < 1.29 is 4.79 Å². The van der Waals surface area contributed by atoms with E-state index in [4.69, 9.17) is 16.9 Å². The van der Waals surface area contributed by atoms with Gasteiger partial charge in [0.1, 0.15) is 11.6 Å². The van der Waals surface area contributed by atoms with E-state index in [1.807, 2.05) is 12.1 Å². The normalized spacial score (nSPS) is 10.6. The van der Waals surface area contributed by atoms with E-state index in [1.165, 1.54) is 6.20 Å². The Kier molecular flexibility index (Phi) is 4.97. The summed E-state index contributed by atoms with van der Waals surface area (Å²) < 4.78 is 0. The minimum Gasteiger partial charge on any atom is -0.360 e. The van der Waals surface area contributed by atoms with Gasteiger partial charge in [-0.1, -0.05) is 35.9 Å². The maximum absolute atomic E-state index is 12.0. The summed E-state index contributed by atoms with van der Waals surface area (Å²) in [5.74, 6) is -0.474. The van der Waals surface area contributed by atoms with E-state index in [2.05, 4.69) is 10.6 Å². The van der Waals surface area contributed by atoms with Gasteiger partial charge >= 0.3 is 0 Å². The molecule has 0 unspecified atom stereocenters. The Morgan fingerprint density at radius 1 is 1.10 bits per heavy atom. The summed E-state index contributed by atoms with van der Waals surface area (Å²) in [6, 6.07) is 17.8. The zero-order chi connectivity index (χ0) is 15.1. The van der Waals surface area contributed by atoms with Gasteiger partial charge in [0, 0.05) is 22.6 Å². The Bertz CT molecular complexity index is 705. The van der Waals surface area contributed by atoms with Gasteiger partial charge in [0.15, 0.2) is 0 Å². The third-order valence-electron chi connectivity index (χ3n) is 2.60. The molecule has 2 N–H and O–H groups in total. The van der Waals surface area contributed by atoms with Crippen LogP contribution in [0.5, 0.6) is 0 Å². The highest BCUT2D eigenvalue weighted by Crippen LogP contribution is 2.15. The minimum atomic E-state index is -0.474. The Hall–Kier alpha value is -2.77. The average Bonchev–Trinajstić information content (AvgIpc) is 2.49. The predicted molar refractivity (Wildman–Crippen MR) is 83.8 cm³/mol. The number of halogens is 1. The van der Waals surface area contributed by atoms with Crippen molar-refractivity contribution in [1.29, 1.82) is 5.26 Å². The van der Waals surface area contributed by atoms with Gasteiger partial charge in [-0.05, 0) is 30.3 Å². The average molecular weight is 298 g/mol. The molecule has 1 amide bonds. The molecule has 0 aliphatic heterocycles.